The molecule has 0 bridgehead atoms. The highest BCUT2D eigenvalue weighted by Crippen LogP contribution is 2.31. The third kappa shape index (κ3) is 2.66. The summed E-state index contributed by atoms with van der Waals surface area (Å²) in [4.78, 5) is 0. The van der Waals surface area contributed by atoms with E-state index in [0.29, 0.717) is 5.56 Å². The zero-order valence-electron chi connectivity index (χ0n) is 9.15. The summed E-state index contributed by atoms with van der Waals surface area (Å²) in [7, 11) is 0. The quantitative estimate of drug-likeness (QED) is 0.792. The van der Waals surface area contributed by atoms with E-state index in [1.807, 2.05) is 0 Å². The van der Waals surface area contributed by atoms with Crippen molar-refractivity contribution in [3.63, 3.8) is 0 Å². The van der Waals surface area contributed by atoms with Gasteiger partial charge in [-0.2, -0.15) is 13.2 Å². The summed E-state index contributed by atoms with van der Waals surface area (Å²) in [5.74, 6) is 0. The molecule has 0 amide bonds. The molecule has 1 aromatic heterocycles. The van der Waals surface area contributed by atoms with Gasteiger partial charge in [0.1, 0.15) is 12.4 Å². The van der Waals surface area contributed by atoms with Crippen LogP contribution in [0.3, 0.4) is 0 Å². The predicted molar refractivity (Wildman–Crippen MR) is 56.4 cm³/mol. The molecule has 0 saturated heterocycles. The minimum atomic E-state index is -4.40. The first-order valence-corrected chi connectivity index (χ1v) is 5.14. The van der Waals surface area contributed by atoms with E-state index in [-0.39, 0.29) is 12.2 Å². The van der Waals surface area contributed by atoms with Gasteiger partial charge < -0.3 is 0 Å². The van der Waals surface area contributed by atoms with Crippen molar-refractivity contribution in [1.29, 1.82) is 0 Å². The first-order valence-electron chi connectivity index (χ1n) is 5.14. The fourth-order valence-electron chi connectivity index (χ4n) is 1.48. The Labute approximate surface area is 100 Å². The molecule has 0 aliphatic rings. The first kappa shape index (κ1) is 12.5. The summed E-state index contributed by atoms with van der Waals surface area (Å²) in [6.07, 6.45) is -2.99. The smallest absolute Gasteiger partial charge is 0.249 e. The Hall–Kier alpha value is -1.92. The van der Waals surface area contributed by atoms with Crippen molar-refractivity contribution in [3.8, 4) is 11.3 Å². The second-order valence-corrected chi connectivity index (χ2v) is 3.63. The van der Waals surface area contributed by atoms with Crippen LogP contribution in [0.1, 0.15) is 5.56 Å². The molecule has 0 atom stereocenters. The molecule has 18 heavy (non-hydrogen) atoms. The largest absolute Gasteiger partial charge is 0.416 e. The van der Waals surface area contributed by atoms with Gasteiger partial charge in [-0.1, -0.05) is 17.3 Å². The minimum Gasteiger partial charge on any atom is -0.249 e. The molecule has 0 radical (unpaired) electrons. The standard InChI is InChI=1S/C11H9F4N3/c12-4-5-18-7-10(16-17-18)8-2-1-3-9(6-8)11(13,14)15/h1-3,6-7H,4-5H2/i12-1. The van der Waals surface area contributed by atoms with Crippen molar-refractivity contribution in [2.75, 3.05) is 6.67 Å². The molecule has 96 valence electrons. The molecular formula is C11H9F4N3. The maximum Gasteiger partial charge on any atom is 0.416 e. The zero-order valence-corrected chi connectivity index (χ0v) is 9.15. The maximum absolute atomic E-state index is 12.5. The van der Waals surface area contributed by atoms with Crippen LogP contribution in [0.15, 0.2) is 30.5 Å². The predicted octanol–water partition coefficient (Wildman–Crippen LogP) is 2.93. The zero-order chi connectivity index (χ0) is 13.2. The molecule has 0 fully saturated rings. The maximum atomic E-state index is 12.5. The second-order valence-electron chi connectivity index (χ2n) is 3.63. The Morgan fingerprint density at radius 2 is 2.00 bits per heavy atom. The lowest BCUT2D eigenvalue weighted by Crippen LogP contribution is -2.04. The number of benzene rings is 1. The van der Waals surface area contributed by atoms with Gasteiger partial charge in [0.25, 0.3) is 0 Å². The van der Waals surface area contributed by atoms with Crippen LogP contribution in [0.25, 0.3) is 11.3 Å². The third-order valence-electron chi connectivity index (χ3n) is 2.34. The highest BCUT2D eigenvalue weighted by atomic mass is 19.4. The molecular weight excluding hydrogens is 249 g/mol. The molecule has 7 heteroatoms. The average Bonchev–Trinajstić information content (AvgIpc) is 2.77. The van der Waals surface area contributed by atoms with Crippen LogP contribution in [-0.2, 0) is 12.7 Å². The lowest BCUT2D eigenvalue weighted by atomic mass is 10.1. The van der Waals surface area contributed by atoms with Crippen LogP contribution in [0.4, 0.5) is 17.6 Å². The van der Waals surface area contributed by atoms with Crippen LogP contribution >= 0.6 is 0 Å². The lowest BCUT2D eigenvalue weighted by molar-refractivity contribution is -0.137. The second kappa shape index (κ2) is 4.75. The van der Waals surface area contributed by atoms with Gasteiger partial charge in [-0.15, -0.1) is 5.10 Å². The molecule has 0 unspecified atom stereocenters. The normalized spacial score (nSPS) is 11.8. The van der Waals surface area contributed by atoms with Crippen molar-refractivity contribution < 1.29 is 17.6 Å². The number of hydrogen-bond donors (Lipinski definition) is 0. The van der Waals surface area contributed by atoms with Crippen LogP contribution in [0, 0.1) is 0 Å². The summed E-state index contributed by atoms with van der Waals surface area (Å²) in [6.45, 7) is -0.572. The van der Waals surface area contributed by atoms with Crippen molar-refractivity contribution in [3.05, 3.63) is 36.0 Å². The SMILES string of the molecule is FC(F)(F)c1cccc(-c2cn(CC[18F])nn2)c1. The Balaban J connectivity index is 2.32. The monoisotopic (exact) mass is 258 g/mol. The van der Waals surface area contributed by atoms with E-state index in [4.69, 9.17) is 0 Å². The van der Waals surface area contributed by atoms with Crippen molar-refractivity contribution in [1.82, 2.24) is 15.0 Å². The number of hydrogen-bond acceptors (Lipinski definition) is 2. The Bertz CT molecular complexity index is 533. The van der Waals surface area contributed by atoms with E-state index >= 15 is 0 Å². The van der Waals surface area contributed by atoms with Crippen LogP contribution in [0.5, 0.6) is 0 Å². The average molecular weight is 258 g/mol. The van der Waals surface area contributed by atoms with E-state index in [9.17, 15) is 17.6 Å². The van der Waals surface area contributed by atoms with Crippen molar-refractivity contribution in [2.24, 2.45) is 0 Å². The van der Waals surface area contributed by atoms with E-state index in [0.717, 1.165) is 12.1 Å². The highest BCUT2D eigenvalue weighted by Gasteiger charge is 2.30. The third-order valence-corrected chi connectivity index (χ3v) is 2.34. The molecule has 2 rings (SSSR count). The highest BCUT2D eigenvalue weighted by molar-refractivity contribution is 5.58. The van der Waals surface area contributed by atoms with E-state index in [1.165, 1.54) is 23.0 Å². The number of rotatable bonds is 3. The number of nitrogens with zero attached hydrogens (tertiary/aromatic N) is 3. The molecule has 1 heterocycles. The van der Waals surface area contributed by atoms with Crippen LogP contribution in [-0.4, -0.2) is 21.7 Å². The van der Waals surface area contributed by atoms with Gasteiger partial charge in [0.2, 0.25) is 0 Å². The Morgan fingerprint density at radius 3 is 2.67 bits per heavy atom. The molecule has 2 aromatic rings. The summed E-state index contributed by atoms with van der Waals surface area (Å²) in [5, 5.41) is 7.33. The molecule has 0 aliphatic heterocycles. The fourth-order valence-corrected chi connectivity index (χ4v) is 1.48. The molecule has 0 spiro atoms. The van der Waals surface area contributed by atoms with Gasteiger partial charge in [-0.05, 0) is 12.1 Å². The van der Waals surface area contributed by atoms with Crippen LogP contribution < -0.4 is 0 Å². The molecule has 0 N–H and O–H groups in total. The van der Waals surface area contributed by atoms with Crippen LogP contribution in [0.2, 0.25) is 0 Å². The van der Waals surface area contributed by atoms with E-state index in [2.05, 4.69) is 10.3 Å². The lowest BCUT2D eigenvalue weighted by Gasteiger charge is -2.06. The molecule has 1 aromatic carbocycles. The summed E-state index contributed by atoms with van der Waals surface area (Å²) >= 11 is 0. The summed E-state index contributed by atoms with van der Waals surface area (Å²) < 4.78 is 50.9. The molecule has 3 nitrogen and oxygen atoms in total. The topological polar surface area (TPSA) is 30.7 Å². The Morgan fingerprint density at radius 1 is 1.22 bits per heavy atom. The van der Waals surface area contributed by atoms with Gasteiger partial charge in [-0.3, -0.25) is 0 Å². The number of halogens is 4. The summed E-state index contributed by atoms with van der Waals surface area (Å²) in [6, 6.07) is 4.77. The minimum absolute atomic E-state index is 0.0337. The molecule has 0 saturated carbocycles. The van der Waals surface area contributed by atoms with Gasteiger partial charge in [0, 0.05) is 5.56 Å². The van der Waals surface area contributed by atoms with Gasteiger partial charge in [0.15, 0.2) is 0 Å². The van der Waals surface area contributed by atoms with Crippen molar-refractivity contribution in [2.45, 2.75) is 12.7 Å². The van der Waals surface area contributed by atoms with Gasteiger partial charge >= 0.3 is 6.18 Å². The van der Waals surface area contributed by atoms with E-state index in [1.54, 1.807) is 0 Å². The van der Waals surface area contributed by atoms with Crippen molar-refractivity contribution >= 4 is 0 Å². The summed E-state index contributed by atoms with van der Waals surface area (Å²) in [5.41, 5.74) is -0.162. The number of aryl methyl sites for hydroxylation is 1. The van der Waals surface area contributed by atoms with E-state index < -0.39 is 18.4 Å². The van der Waals surface area contributed by atoms with Gasteiger partial charge in [0.05, 0.1) is 18.3 Å². The Kier molecular flexibility index (Phi) is 3.31. The fraction of sp³-hybridized carbons (Fsp3) is 0.273. The number of alkyl halides is 4. The first-order chi connectivity index (χ1) is 8.50. The number of aromatic nitrogens is 3. The molecule has 0 aliphatic carbocycles. The van der Waals surface area contributed by atoms with Gasteiger partial charge in [-0.25, -0.2) is 9.07 Å².